The number of rotatable bonds is 4. The number of phenolic OH excluding ortho intramolecular Hbond substituents is 1. The summed E-state index contributed by atoms with van der Waals surface area (Å²) in [4.78, 5) is 23.8. The van der Waals surface area contributed by atoms with E-state index in [9.17, 15) is 14.7 Å². The van der Waals surface area contributed by atoms with Gasteiger partial charge in [-0.2, -0.15) is 0 Å². The molecule has 0 aliphatic carbocycles. The minimum Gasteiger partial charge on any atom is -0.507 e. The summed E-state index contributed by atoms with van der Waals surface area (Å²) < 4.78 is 5.85. The number of hydrogen-bond donors (Lipinski definition) is 2. The number of aryl methyl sites for hydroxylation is 2. The van der Waals surface area contributed by atoms with Gasteiger partial charge in [-0.1, -0.05) is 28.1 Å². The van der Waals surface area contributed by atoms with Gasteiger partial charge in [0.2, 0.25) is 0 Å². The van der Waals surface area contributed by atoms with Crippen LogP contribution in [-0.4, -0.2) is 23.6 Å². The zero-order valence-electron chi connectivity index (χ0n) is 12.7. The van der Waals surface area contributed by atoms with Crippen molar-refractivity contribution in [1.82, 2.24) is 0 Å². The van der Waals surface area contributed by atoms with E-state index in [0.29, 0.717) is 11.3 Å². The summed E-state index contributed by atoms with van der Waals surface area (Å²) in [6, 6.07) is 10.2. The van der Waals surface area contributed by atoms with Crippen LogP contribution in [0.1, 0.15) is 21.5 Å². The molecule has 2 aromatic carbocycles. The third-order valence-corrected chi connectivity index (χ3v) is 3.75. The Labute approximate surface area is 142 Å². The molecule has 120 valence electrons. The summed E-state index contributed by atoms with van der Waals surface area (Å²) in [7, 11) is 0. The van der Waals surface area contributed by atoms with Crippen LogP contribution in [-0.2, 0) is 9.53 Å². The zero-order valence-corrected chi connectivity index (χ0v) is 14.3. The number of benzene rings is 2. The predicted octanol–water partition coefficient (Wildman–Crippen LogP) is 3.57. The summed E-state index contributed by atoms with van der Waals surface area (Å²) >= 11 is 3.35. The minimum absolute atomic E-state index is 0.0395. The van der Waals surface area contributed by atoms with Crippen LogP contribution in [0.4, 0.5) is 5.69 Å². The van der Waals surface area contributed by atoms with Crippen molar-refractivity contribution in [2.45, 2.75) is 13.8 Å². The molecular formula is C17H16BrNO4. The van der Waals surface area contributed by atoms with E-state index < -0.39 is 18.5 Å². The number of carbonyl (C=O) groups is 2. The second-order valence-corrected chi connectivity index (χ2v) is 5.97. The molecule has 0 aliphatic rings. The van der Waals surface area contributed by atoms with Crippen molar-refractivity contribution >= 4 is 33.5 Å². The lowest BCUT2D eigenvalue weighted by molar-refractivity contribution is -0.119. The first-order valence-corrected chi connectivity index (χ1v) is 7.69. The Bertz CT molecular complexity index is 758. The molecule has 0 saturated heterocycles. The number of carbonyl (C=O) groups excluding carboxylic acids is 2. The molecule has 0 spiro atoms. The molecule has 0 aromatic heterocycles. The number of hydrogen-bond acceptors (Lipinski definition) is 4. The number of anilines is 1. The van der Waals surface area contributed by atoms with Crippen molar-refractivity contribution in [3.8, 4) is 5.75 Å². The molecular weight excluding hydrogens is 362 g/mol. The molecule has 0 fully saturated rings. The lowest BCUT2D eigenvalue weighted by Crippen LogP contribution is -2.21. The van der Waals surface area contributed by atoms with Crippen LogP contribution in [0.5, 0.6) is 5.75 Å². The van der Waals surface area contributed by atoms with Crippen molar-refractivity contribution < 1.29 is 19.4 Å². The van der Waals surface area contributed by atoms with Gasteiger partial charge in [-0.25, -0.2) is 4.79 Å². The second-order valence-electron chi connectivity index (χ2n) is 5.05. The smallest absolute Gasteiger partial charge is 0.342 e. The molecule has 0 unspecified atom stereocenters. The molecule has 0 saturated carbocycles. The number of ether oxygens (including phenoxy) is 1. The molecule has 2 N–H and O–H groups in total. The molecule has 0 radical (unpaired) electrons. The third-order valence-electron chi connectivity index (χ3n) is 3.25. The van der Waals surface area contributed by atoms with Crippen molar-refractivity contribution in [1.29, 1.82) is 0 Å². The highest BCUT2D eigenvalue weighted by atomic mass is 79.9. The highest BCUT2D eigenvalue weighted by Gasteiger charge is 2.15. The zero-order chi connectivity index (χ0) is 17.0. The number of halogens is 1. The Hall–Kier alpha value is -2.34. The molecule has 0 atom stereocenters. The Morgan fingerprint density at radius 1 is 1.17 bits per heavy atom. The maximum absolute atomic E-state index is 11.9. The van der Waals surface area contributed by atoms with Crippen LogP contribution in [0.3, 0.4) is 0 Å². The van der Waals surface area contributed by atoms with E-state index in [1.807, 2.05) is 13.0 Å². The first-order chi connectivity index (χ1) is 10.9. The SMILES string of the molecule is Cc1cc(Br)ccc1NC(=O)COC(=O)c1cccc(C)c1O. The number of amides is 1. The Morgan fingerprint density at radius 2 is 1.91 bits per heavy atom. The quantitative estimate of drug-likeness (QED) is 0.798. The van der Waals surface area contributed by atoms with Crippen molar-refractivity contribution in [2.75, 3.05) is 11.9 Å². The molecule has 23 heavy (non-hydrogen) atoms. The number of nitrogens with one attached hydrogen (secondary N) is 1. The molecule has 6 heteroatoms. The predicted molar refractivity (Wildman–Crippen MR) is 90.6 cm³/mol. The number of aromatic hydroxyl groups is 1. The molecule has 5 nitrogen and oxygen atoms in total. The van der Waals surface area contributed by atoms with Gasteiger partial charge in [-0.15, -0.1) is 0 Å². The van der Waals surface area contributed by atoms with E-state index in [1.54, 1.807) is 31.2 Å². The fourth-order valence-electron chi connectivity index (χ4n) is 1.99. The van der Waals surface area contributed by atoms with E-state index >= 15 is 0 Å². The normalized spacial score (nSPS) is 10.2. The second kappa shape index (κ2) is 7.28. The largest absolute Gasteiger partial charge is 0.507 e. The fraction of sp³-hybridized carbons (Fsp3) is 0.176. The van der Waals surface area contributed by atoms with Gasteiger partial charge in [-0.05, 0) is 49.2 Å². The topological polar surface area (TPSA) is 75.6 Å². The lowest BCUT2D eigenvalue weighted by atomic mass is 10.1. The Balaban J connectivity index is 1.96. The first kappa shape index (κ1) is 17.0. The van der Waals surface area contributed by atoms with Gasteiger partial charge >= 0.3 is 5.97 Å². The number of para-hydroxylation sites is 1. The van der Waals surface area contributed by atoms with Crippen LogP contribution >= 0.6 is 15.9 Å². The van der Waals surface area contributed by atoms with Gasteiger partial charge in [-0.3, -0.25) is 4.79 Å². The van der Waals surface area contributed by atoms with E-state index in [0.717, 1.165) is 10.0 Å². The maximum atomic E-state index is 11.9. The summed E-state index contributed by atoms with van der Waals surface area (Å²) in [6.45, 7) is 3.11. The van der Waals surface area contributed by atoms with E-state index in [2.05, 4.69) is 21.2 Å². The summed E-state index contributed by atoms with van der Waals surface area (Å²) in [5, 5.41) is 12.5. The van der Waals surface area contributed by atoms with Crippen LogP contribution in [0.25, 0.3) is 0 Å². The minimum atomic E-state index is -0.742. The number of esters is 1. The van der Waals surface area contributed by atoms with Gasteiger partial charge in [0, 0.05) is 10.2 Å². The highest BCUT2D eigenvalue weighted by Crippen LogP contribution is 2.22. The van der Waals surface area contributed by atoms with Gasteiger partial charge in [0.1, 0.15) is 11.3 Å². The first-order valence-electron chi connectivity index (χ1n) is 6.90. The van der Waals surface area contributed by atoms with Crippen LogP contribution in [0.2, 0.25) is 0 Å². The maximum Gasteiger partial charge on any atom is 0.342 e. The number of phenols is 1. The monoisotopic (exact) mass is 377 g/mol. The Morgan fingerprint density at radius 3 is 2.61 bits per heavy atom. The lowest BCUT2D eigenvalue weighted by Gasteiger charge is -2.10. The van der Waals surface area contributed by atoms with Crippen molar-refractivity contribution in [3.63, 3.8) is 0 Å². The van der Waals surface area contributed by atoms with Crippen LogP contribution < -0.4 is 5.32 Å². The molecule has 0 aliphatic heterocycles. The average molecular weight is 378 g/mol. The van der Waals surface area contributed by atoms with Crippen molar-refractivity contribution in [2.24, 2.45) is 0 Å². The third kappa shape index (κ3) is 4.32. The molecule has 2 aromatic rings. The molecule has 2 rings (SSSR count). The fourth-order valence-corrected chi connectivity index (χ4v) is 2.46. The van der Waals surface area contributed by atoms with Gasteiger partial charge in [0.15, 0.2) is 6.61 Å². The van der Waals surface area contributed by atoms with Crippen LogP contribution in [0.15, 0.2) is 40.9 Å². The summed E-state index contributed by atoms with van der Waals surface area (Å²) in [6.07, 6.45) is 0. The molecule has 1 amide bonds. The standard InChI is InChI=1S/C17H16BrNO4/c1-10-4-3-5-13(16(10)21)17(22)23-9-15(20)19-14-7-6-12(18)8-11(14)2/h3-8,21H,9H2,1-2H3,(H,19,20). The van der Waals surface area contributed by atoms with Gasteiger partial charge < -0.3 is 15.2 Å². The Kier molecular flexibility index (Phi) is 5.39. The molecule has 0 heterocycles. The summed E-state index contributed by atoms with van der Waals surface area (Å²) in [5.74, 6) is -1.33. The van der Waals surface area contributed by atoms with E-state index in [1.165, 1.54) is 6.07 Å². The van der Waals surface area contributed by atoms with Crippen LogP contribution in [0, 0.1) is 13.8 Å². The van der Waals surface area contributed by atoms with E-state index in [4.69, 9.17) is 4.74 Å². The van der Waals surface area contributed by atoms with Gasteiger partial charge in [0.05, 0.1) is 0 Å². The van der Waals surface area contributed by atoms with E-state index in [-0.39, 0.29) is 11.3 Å². The van der Waals surface area contributed by atoms with Crippen molar-refractivity contribution in [3.05, 3.63) is 57.6 Å². The highest BCUT2D eigenvalue weighted by molar-refractivity contribution is 9.10. The average Bonchev–Trinajstić information content (AvgIpc) is 2.50. The summed E-state index contributed by atoms with van der Waals surface area (Å²) in [5.41, 5.74) is 2.13. The molecule has 0 bridgehead atoms. The van der Waals surface area contributed by atoms with Gasteiger partial charge in [0.25, 0.3) is 5.91 Å².